The average molecular weight is 283 g/mol. The summed E-state index contributed by atoms with van der Waals surface area (Å²) in [7, 11) is 0. The number of aliphatic hydroxyl groups is 1. The second kappa shape index (κ2) is 7.53. The number of ketones is 1. The van der Waals surface area contributed by atoms with Gasteiger partial charge in [0, 0.05) is 31.5 Å². The Hall–Kier alpha value is -0.450. The Kier molecular flexibility index (Phi) is 6.00. The summed E-state index contributed by atoms with van der Waals surface area (Å²) in [4.78, 5) is 14.5. The summed E-state index contributed by atoms with van der Waals surface area (Å²) in [5.41, 5.74) is 0. The van der Waals surface area contributed by atoms with Crippen LogP contribution in [0.5, 0.6) is 0 Å². The van der Waals surface area contributed by atoms with E-state index in [1.165, 1.54) is 12.8 Å². The van der Waals surface area contributed by atoms with Gasteiger partial charge in [0.15, 0.2) is 0 Å². The van der Waals surface area contributed by atoms with Gasteiger partial charge in [-0.1, -0.05) is 19.8 Å². The van der Waals surface area contributed by atoms with Crippen molar-refractivity contribution < 1.29 is 14.6 Å². The summed E-state index contributed by atoms with van der Waals surface area (Å²) in [6.45, 7) is 6.69. The summed E-state index contributed by atoms with van der Waals surface area (Å²) >= 11 is 0. The molecule has 4 unspecified atom stereocenters. The van der Waals surface area contributed by atoms with E-state index in [0.717, 1.165) is 38.3 Å². The van der Waals surface area contributed by atoms with Crippen molar-refractivity contribution >= 4 is 5.78 Å². The fourth-order valence-corrected chi connectivity index (χ4v) is 3.57. The van der Waals surface area contributed by atoms with E-state index in [1.807, 2.05) is 0 Å². The van der Waals surface area contributed by atoms with E-state index < -0.39 is 0 Å². The number of aliphatic hydroxyl groups excluding tert-OH is 1. The van der Waals surface area contributed by atoms with Gasteiger partial charge in [0.05, 0.1) is 19.3 Å². The maximum atomic E-state index is 12.2. The highest BCUT2D eigenvalue weighted by Gasteiger charge is 2.33. The van der Waals surface area contributed by atoms with Gasteiger partial charge in [-0.15, -0.1) is 0 Å². The van der Waals surface area contributed by atoms with Gasteiger partial charge in [0.25, 0.3) is 0 Å². The molecule has 1 saturated carbocycles. The Bertz CT molecular complexity index is 321. The zero-order valence-electron chi connectivity index (χ0n) is 12.9. The predicted molar refractivity (Wildman–Crippen MR) is 78.6 cm³/mol. The number of morpholine rings is 1. The Morgan fingerprint density at radius 1 is 1.45 bits per heavy atom. The molecular weight excluding hydrogens is 254 g/mol. The lowest BCUT2D eigenvalue weighted by Crippen LogP contribution is -2.52. The van der Waals surface area contributed by atoms with E-state index >= 15 is 0 Å². The van der Waals surface area contributed by atoms with Crippen LogP contribution < -0.4 is 0 Å². The first-order valence-corrected chi connectivity index (χ1v) is 8.13. The normalized spacial score (nSPS) is 36.2. The number of Topliss-reactive ketones (excluding diaryl/α,β-unsaturated/α-hetero) is 1. The summed E-state index contributed by atoms with van der Waals surface area (Å²) in [5, 5.41) is 9.25. The molecular formula is C16H29NO3. The molecule has 4 heteroatoms. The molecule has 0 spiro atoms. The van der Waals surface area contributed by atoms with Crippen molar-refractivity contribution in [1.82, 2.24) is 4.90 Å². The molecule has 2 fully saturated rings. The number of hydrogen-bond acceptors (Lipinski definition) is 4. The molecule has 0 amide bonds. The summed E-state index contributed by atoms with van der Waals surface area (Å²) < 4.78 is 5.57. The SMILES string of the molecule is CCCC1CCC(=O)C(CN2CC(CO)OCC2C)C1. The van der Waals surface area contributed by atoms with Gasteiger partial charge in [-0.05, 0) is 25.7 Å². The van der Waals surface area contributed by atoms with Crippen molar-refractivity contribution in [3.05, 3.63) is 0 Å². The number of nitrogens with zero attached hydrogens (tertiary/aromatic N) is 1. The summed E-state index contributed by atoms with van der Waals surface area (Å²) in [6, 6.07) is 0.345. The lowest BCUT2D eigenvalue weighted by Gasteiger charge is -2.40. The molecule has 116 valence electrons. The van der Waals surface area contributed by atoms with Crippen LogP contribution in [0.3, 0.4) is 0 Å². The molecule has 1 aliphatic carbocycles. The highest BCUT2D eigenvalue weighted by atomic mass is 16.5. The second-order valence-corrected chi connectivity index (χ2v) is 6.53. The topological polar surface area (TPSA) is 49.8 Å². The Labute approximate surface area is 122 Å². The number of rotatable bonds is 5. The maximum Gasteiger partial charge on any atom is 0.137 e. The molecule has 20 heavy (non-hydrogen) atoms. The van der Waals surface area contributed by atoms with Crippen LogP contribution in [0.15, 0.2) is 0 Å². The summed E-state index contributed by atoms with van der Waals surface area (Å²) in [6.07, 6.45) is 5.28. The smallest absolute Gasteiger partial charge is 0.137 e. The largest absolute Gasteiger partial charge is 0.394 e. The molecule has 0 radical (unpaired) electrons. The third-order valence-corrected chi connectivity index (χ3v) is 4.86. The van der Waals surface area contributed by atoms with E-state index in [2.05, 4.69) is 18.7 Å². The first-order chi connectivity index (χ1) is 9.63. The molecule has 2 aliphatic rings. The summed E-state index contributed by atoms with van der Waals surface area (Å²) in [5.74, 6) is 1.37. The molecule has 1 N–H and O–H groups in total. The molecule has 0 aromatic carbocycles. The predicted octanol–water partition coefficient (Wildman–Crippen LogP) is 1.85. The minimum absolute atomic E-state index is 0.0697. The van der Waals surface area contributed by atoms with Gasteiger partial charge in [-0.2, -0.15) is 0 Å². The van der Waals surface area contributed by atoms with E-state index in [1.54, 1.807) is 0 Å². The van der Waals surface area contributed by atoms with Crippen LogP contribution >= 0.6 is 0 Å². The second-order valence-electron chi connectivity index (χ2n) is 6.53. The highest BCUT2D eigenvalue weighted by molar-refractivity contribution is 5.82. The molecule has 0 bridgehead atoms. The third-order valence-electron chi connectivity index (χ3n) is 4.86. The van der Waals surface area contributed by atoms with Gasteiger partial charge in [-0.25, -0.2) is 0 Å². The molecule has 1 heterocycles. The monoisotopic (exact) mass is 283 g/mol. The van der Waals surface area contributed by atoms with Gasteiger partial charge < -0.3 is 9.84 Å². The molecule has 0 aromatic heterocycles. The van der Waals surface area contributed by atoms with E-state index in [4.69, 9.17) is 4.74 Å². The molecule has 1 saturated heterocycles. The first-order valence-electron chi connectivity index (χ1n) is 8.13. The highest BCUT2D eigenvalue weighted by Crippen LogP contribution is 2.31. The fourth-order valence-electron chi connectivity index (χ4n) is 3.57. The minimum atomic E-state index is -0.0867. The van der Waals surface area contributed by atoms with Gasteiger partial charge in [0.1, 0.15) is 5.78 Å². The Balaban J connectivity index is 1.90. The van der Waals surface area contributed by atoms with Gasteiger partial charge >= 0.3 is 0 Å². The standard InChI is InChI=1S/C16H29NO3/c1-3-4-13-5-6-16(19)14(7-13)8-17-9-15(10-18)20-11-12(17)2/h12-15,18H,3-11H2,1-2H3. The number of ether oxygens (including phenoxy) is 1. The zero-order chi connectivity index (χ0) is 14.5. The lowest BCUT2D eigenvalue weighted by atomic mass is 9.78. The van der Waals surface area contributed by atoms with Crippen molar-refractivity contribution in [1.29, 1.82) is 0 Å². The maximum absolute atomic E-state index is 12.2. The number of carbonyl (C=O) groups is 1. The van der Waals surface area contributed by atoms with Crippen LogP contribution in [-0.4, -0.2) is 54.2 Å². The Morgan fingerprint density at radius 3 is 2.95 bits per heavy atom. The molecule has 0 aromatic rings. The number of carbonyl (C=O) groups excluding carboxylic acids is 1. The van der Waals surface area contributed by atoms with Crippen LogP contribution in [0.4, 0.5) is 0 Å². The molecule has 4 nitrogen and oxygen atoms in total. The van der Waals surface area contributed by atoms with Gasteiger partial charge in [0.2, 0.25) is 0 Å². The van der Waals surface area contributed by atoms with Crippen molar-refractivity contribution in [3.8, 4) is 0 Å². The van der Waals surface area contributed by atoms with Crippen molar-refractivity contribution in [3.63, 3.8) is 0 Å². The third kappa shape index (κ3) is 4.03. The van der Waals surface area contributed by atoms with Crippen molar-refractivity contribution in [2.75, 3.05) is 26.3 Å². The van der Waals surface area contributed by atoms with Gasteiger partial charge in [-0.3, -0.25) is 9.69 Å². The fraction of sp³-hybridized carbons (Fsp3) is 0.938. The van der Waals surface area contributed by atoms with Crippen LogP contribution in [-0.2, 0) is 9.53 Å². The van der Waals surface area contributed by atoms with E-state index in [0.29, 0.717) is 18.4 Å². The van der Waals surface area contributed by atoms with Crippen LogP contribution in [0.2, 0.25) is 0 Å². The average Bonchev–Trinajstić information content (AvgIpc) is 2.45. The lowest BCUT2D eigenvalue weighted by molar-refractivity contribution is -0.129. The molecule has 4 atom stereocenters. The van der Waals surface area contributed by atoms with Crippen molar-refractivity contribution in [2.24, 2.45) is 11.8 Å². The first kappa shape index (κ1) is 15.9. The van der Waals surface area contributed by atoms with Crippen molar-refractivity contribution in [2.45, 2.75) is 58.1 Å². The molecule has 1 aliphatic heterocycles. The van der Waals surface area contributed by atoms with Crippen LogP contribution in [0.25, 0.3) is 0 Å². The van der Waals surface area contributed by atoms with E-state index in [9.17, 15) is 9.90 Å². The van der Waals surface area contributed by atoms with Crippen LogP contribution in [0.1, 0.15) is 46.0 Å². The van der Waals surface area contributed by atoms with E-state index in [-0.39, 0.29) is 18.6 Å². The Morgan fingerprint density at radius 2 is 2.25 bits per heavy atom. The molecule has 2 rings (SSSR count). The number of hydrogen-bond donors (Lipinski definition) is 1. The van der Waals surface area contributed by atoms with Crippen LogP contribution in [0, 0.1) is 11.8 Å². The minimum Gasteiger partial charge on any atom is -0.394 e. The quantitative estimate of drug-likeness (QED) is 0.836. The zero-order valence-corrected chi connectivity index (χ0v) is 12.9.